The number of hydrogen-bond acceptors (Lipinski definition) is 5. The number of hydrogen-bond donors (Lipinski definition) is 2. The highest BCUT2D eigenvalue weighted by Gasteiger charge is 2.74. The number of nitrogens with zero attached hydrogens (tertiary/aromatic N) is 2. The van der Waals surface area contributed by atoms with Gasteiger partial charge in [0.05, 0.1) is 17.9 Å². The van der Waals surface area contributed by atoms with Gasteiger partial charge in [-0.25, -0.2) is 0 Å². The number of fused-ring (bicyclic) bond motifs is 1. The van der Waals surface area contributed by atoms with E-state index in [-0.39, 0.29) is 31.5 Å². The predicted octanol–water partition coefficient (Wildman–Crippen LogP) is 2.05. The number of amides is 2. The number of aliphatic carboxylic acids is 1. The fraction of sp³-hybridized carbons (Fsp3) is 0.560. The normalized spacial score (nSPS) is 29.9. The molecule has 3 aliphatic rings. The average molecular weight is 457 g/mol. The number of aliphatic hydroxyl groups excluding tert-OH is 1. The number of likely N-dealkylation sites (tertiary alicyclic amines) is 1. The van der Waals surface area contributed by atoms with E-state index < -0.39 is 35.6 Å². The number of para-hydroxylation sites is 1. The number of unbranched alkanes of at least 4 members (excludes halogenated alkanes) is 1. The first-order chi connectivity index (χ1) is 15.8. The first kappa shape index (κ1) is 23.4. The van der Waals surface area contributed by atoms with Crippen molar-refractivity contribution in [2.45, 2.75) is 57.3 Å². The lowest BCUT2D eigenvalue weighted by atomic mass is 9.70. The molecule has 2 amide bonds. The van der Waals surface area contributed by atoms with Crippen LogP contribution in [0.25, 0.3) is 0 Å². The van der Waals surface area contributed by atoms with E-state index in [1.54, 1.807) is 11.0 Å². The molecular formula is C25H32N2O6. The predicted molar refractivity (Wildman–Crippen MR) is 122 cm³/mol. The Kier molecular flexibility index (Phi) is 6.33. The van der Waals surface area contributed by atoms with Crippen LogP contribution < -0.4 is 4.90 Å². The second-order valence-electron chi connectivity index (χ2n) is 9.33. The van der Waals surface area contributed by atoms with Crippen LogP contribution in [0.3, 0.4) is 0 Å². The molecule has 0 unspecified atom stereocenters. The fourth-order valence-electron chi connectivity index (χ4n) is 6.15. The Labute approximate surface area is 193 Å². The molecule has 3 heterocycles. The van der Waals surface area contributed by atoms with Gasteiger partial charge in [-0.1, -0.05) is 24.3 Å². The second-order valence-corrected chi connectivity index (χ2v) is 9.33. The molecule has 3 fully saturated rings. The number of ether oxygens (including phenoxy) is 1. The first-order valence-electron chi connectivity index (χ1n) is 11.6. The summed E-state index contributed by atoms with van der Waals surface area (Å²) >= 11 is 0. The molecule has 33 heavy (non-hydrogen) atoms. The van der Waals surface area contributed by atoms with Crippen molar-refractivity contribution in [3.8, 4) is 0 Å². The van der Waals surface area contributed by atoms with Gasteiger partial charge < -0.3 is 24.7 Å². The molecule has 8 heteroatoms. The summed E-state index contributed by atoms with van der Waals surface area (Å²) < 4.78 is 6.26. The van der Waals surface area contributed by atoms with Gasteiger partial charge in [0, 0.05) is 25.4 Å². The number of carboxylic acid groups (broad SMARTS) is 1. The number of benzene rings is 1. The summed E-state index contributed by atoms with van der Waals surface area (Å²) in [6.07, 6.45) is 3.08. The maximum absolute atomic E-state index is 14.2. The molecule has 4 rings (SSSR count). The SMILES string of the molecule is C=CCN(C(=O)[C@@H]1N(CCCCO)C(=O)[C@H]2[C@H](C(=O)O)[C@@H]3CC[C@]12O3)c1c(C)cccc1C. The number of rotatable bonds is 9. The van der Waals surface area contributed by atoms with Crippen LogP contribution in [-0.2, 0) is 19.1 Å². The molecule has 0 aliphatic carbocycles. The Morgan fingerprint density at radius 2 is 2.00 bits per heavy atom. The molecule has 1 aromatic carbocycles. The third-order valence-electron chi connectivity index (χ3n) is 7.41. The molecule has 2 N–H and O–H groups in total. The molecule has 0 aromatic heterocycles. The van der Waals surface area contributed by atoms with Gasteiger partial charge in [-0.05, 0) is 50.7 Å². The molecule has 3 saturated heterocycles. The van der Waals surface area contributed by atoms with E-state index >= 15 is 0 Å². The third-order valence-corrected chi connectivity index (χ3v) is 7.41. The molecule has 8 nitrogen and oxygen atoms in total. The van der Waals surface area contributed by atoms with E-state index in [1.165, 1.54) is 4.90 Å². The van der Waals surface area contributed by atoms with Gasteiger partial charge in [-0.2, -0.15) is 0 Å². The van der Waals surface area contributed by atoms with Crippen LogP contribution in [-0.4, -0.2) is 70.3 Å². The molecule has 3 aliphatic heterocycles. The lowest BCUT2D eigenvalue weighted by Gasteiger charge is -2.37. The second kappa shape index (κ2) is 8.91. The quantitative estimate of drug-likeness (QED) is 0.435. The minimum Gasteiger partial charge on any atom is -0.481 e. The fourth-order valence-corrected chi connectivity index (χ4v) is 6.15. The summed E-state index contributed by atoms with van der Waals surface area (Å²) in [6.45, 7) is 8.20. The summed E-state index contributed by atoms with van der Waals surface area (Å²) in [5, 5.41) is 19.1. The summed E-state index contributed by atoms with van der Waals surface area (Å²) in [6, 6.07) is 4.88. The van der Waals surface area contributed by atoms with Crippen LogP contribution in [0.1, 0.15) is 36.8 Å². The number of anilines is 1. The minimum atomic E-state index is -1.14. The Morgan fingerprint density at radius 1 is 1.30 bits per heavy atom. The van der Waals surface area contributed by atoms with E-state index in [0.717, 1.165) is 16.8 Å². The molecule has 0 saturated carbocycles. The topological polar surface area (TPSA) is 107 Å². The van der Waals surface area contributed by atoms with Gasteiger partial charge >= 0.3 is 5.97 Å². The van der Waals surface area contributed by atoms with Crippen molar-refractivity contribution in [1.29, 1.82) is 0 Å². The summed E-state index contributed by atoms with van der Waals surface area (Å²) in [5.41, 5.74) is 1.48. The smallest absolute Gasteiger partial charge is 0.310 e. The van der Waals surface area contributed by atoms with E-state index in [4.69, 9.17) is 4.74 Å². The van der Waals surface area contributed by atoms with E-state index in [1.807, 2.05) is 32.0 Å². The largest absolute Gasteiger partial charge is 0.481 e. The molecule has 178 valence electrons. The summed E-state index contributed by atoms with van der Waals surface area (Å²) in [7, 11) is 0. The Hall–Kier alpha value is -2.71. The molecule has 1 aromatic rings. The van der Waals surface area contributed by atoms with Gasteiger partial charge in [-0.3, -0.25) is 14.4 Å². The highest BCUT2D eigenvalue weighted by Crippen LogP contribution is 2.58. The van der Waals surface area contributed by atoms with E-state index in [0.29, 0.717) is 25.7 Å². The maximum atomic E-state index is 14.2. The molecule has 2 bridgehead atoms. The van der Waals surface area contributed by atoms with Gasteiger partial charge in [-0.15, -0.1) is 6.58 Å². The molecule has 0 radical (unpaired) electrons. The highest BCUT2D eigenvalue weighted by atomic mass is 16.5. The highest BCUT2D eigenvalue weighted by molar-refractivity contribution is 6.05. The van der Waals surface area contributed by atoms with Crippen LogP contribution in [0.4, 0.5) is 5.69 Å². The molecular weight excluding hydrogens is 424 g/mol. The zero-order chi connectivity index (χ0) is 23.9. The van der Waals surface area contributed by atoms with Crippen molar-refractivity contribution in [1.82, 2.24) is 4.90 Å². The number of aliphatic hydroxyl groups is 1. The van der Waals surface area contributed by atoms with Gasteiger partial charge in [0.2, 0.25) is 5.91 Å². The van der Waals surface area contributed by atoms with E-state index in [9.17, 15) is 24.6 Å². The van der Waals surface area contributed by atoms with Crippen molar-refractivity contribution >= 4 is 23.5 Å². The minimum absolute atomic E-state index is 0.0173. The molecule has 5 atom stereocenters. The van der Waals surface area contributed by atoms with E-state index in [2.05, 4.69) is 6.58 Å². The summed E-state index contributed by atoms with van der Waals surface area (Å²) in [4.78, 5) is 43.1. The van der Waals surface area contributed by atoms with Crippen LogP contribution in [0.2, 0.25) is 0 Å². The van der Waals surface area contributed by atoms with Crippen LogP contribution in [0, 0.1) is 25.7 Å². The number of carbonyl (C=O) groups is 3. The standard InChI is InChI=1S/C25H32N2O6/c1-4-12-26(20-15(2)8-7-9-16(20)3)23(30)21-25-11-10-17(33-25)18(24(31)32)19(25)22(29)27(21)13-5-6-14-28/h4,7-9,17-19,21,28H,1,5-6,10-14H2,2-3H3,(H,31,32)/t17-,18+,19+,21-,25+/m0/s1. The Balaban J connectivity index is 1.79. The van der Waals surface area contributed by atoms with Crippen LogP contribution in [0.5, 0.6) is 0 Å². The van der Waals surface area contributed by atoms with Crippen LogP contribution >= 0.6 is 0 Å². The third kappa shape index (κ3) is 3.56. The van der Waals surface area contributed by atoms with Crippen molar-refractivity contribution < 1.29 is 29.3 Å². The number of carbonyl (C=O) groups excluding carboxylic acids is 2. The van der Waals surface area contributed by atoms with Crippen molar-refractivity contribution in [3.05, 3.63) is 42.0 Å². The van der Waals surface area contributed by atoms with Crippen molar-refractivity contribution in [2.75, 3.05) is 24.6 Å². The Morgan fingerprint density at radius 3 is 2.61 bits per heavy atom. The van der Waals surface area contributed by atoms with Crippen LogP contribution in [0.15, 0.2) is 30.9 Å². The van der Waals surface area contributed by atoms with Gasteiger partial charge in [0.25, 0.3) is 5.91 Å². The monoisotopic (exact) mass is 456 g/mol. The first-order valence-corrected chi connectivity index (χ1v) is 11.6. The average Bonchev–Trinajstić information content (AvgIpc) is 3.40. The number of aryl methyl sites for hydroxylation is 2. The lowest BCUT2D eigenvalue weighted by Crippen LogP contribution is -2.56. The number of carboxylic acids is 1. The van der Waals surface area contributed by atoms with Gasteiger partial charge in [0.15, 0.2) is 0 Å². The maximum Gasteiger partial charge on any atom is 0.310 e. The zero-order valence-corrected chi connectivity index (χ0v) is 19.2. The zero-order valence-electron chi connectivity index (χ0n) is 19.2. The van der Waals surface area contributed by atoms with Gasteiger partial charge in [0.1, 0.15) is 11.6 Å². The van der Waals surface area contributed by atoms with Crippen molar-refractivity contribution in [3.63, 3.8) is 0 Å². The lowest BCUT2D eigenvalue weighted by molar-refractivity contribution is -0.149. The Bertz CT molecular complexity index is 957. The van der Waals surface area contributed by atoms with Crippen molar-refractivity contribution in [2.24, 2.45) is 11.8 Å². The molecule has 1 spiro atoms. The summed E-state index contributed by atoms with van der Waals surface area (Å²) in [5.74, 6) is -3.49.